The van der Waals surface area contributed by atoms with Gasteiger partial charge in [0.15, 0.2) is 11.5 Å². The molecule has 1 aliphatic carbocycles. The molecular weight excluding hydrogens is 428 g/mol. The highest BCUT2D eigenvalue weighted by Gasteiger charge is 2.32. The van der Waals surface area contributed by atoms with Gasteiger partial charge in [0, 0.05) is 16.9 Å². The number of nitrogens with zero attached hydrogens (tertiary/aromatic N) is 1. The lowest BCUT2D eigenvalue weighted by Crippen LogP contribution is -2.05. The number of ether oxygens (including phenoxy) is 1. The minimum absolute atomic E-state index is 0.197. The smallest absolute Gasteiger partial charge is 0.416 e. The highest BCUT2D eigenvalue weighted by atomic mass is 32.1. The van der Waals surface area contributed by atoms with Crippen molar-refractivity contribution in [2.75, 3.05) is 12.1 Å². The Balaban J connectivity index is 1.85. The van der Waals surface area contributed by atoms with Gasteiger partial charge < -0.3 is 20.3 Å². The van der Waals surface area contributed by atoms with Crippen LogP contribution in [0.15, 0.2) is 36.4 Å². The molecule has 0 unspecified atom stereocenters. The molecule has 152 valence electrons. The average molecular weight is 442 g/mol. The number of hydrogen-bond donors (Lipinski definition) is 3. The van der Waals surface area contributed by atoms with Crippen LogP contribution in [0.4, 0.5) is 18.3 Å². The molecule has 1 heterocycles. The Morgan fingerprint density at radius 3 is 2.69 bits per heavy atom. The Kier molecular flexibility index (Phi) is 4.70. The second kappa shape index (κ2) is 6.84. The molecule has 3 aromatic rings. The summed E-state index contributed by atoms with van der Waals surface area (Å²) in [6, 6.07) is 8.05. The van der Waals surface area contributed by atoms with E-state index in [2.05, 4.69) is 4.98 Å². The van der Waals surface area contributed by atoms with Gasteiger partial charge in [-0.2, -0.15) is 13.2 Å². The molecular formula is C18H14F3N2O4PS. The molecule has 0 atom stereocenters. The van der Waals surface area contributed by atoms with Crippen molar-refractivity contribution in [2.45, 2.75) is 12.6 Å². The summed E-state index contributed by atoms with van der Waals surface area (Å²) in [6.07, 6.45) is -4.91. The molecule has 0 bridgehead atoms. The number of aromatic nitrogens is 1. The van der Waals surface area contributed by atoms with Gasteiger partial charge in [-0.25, -0.2) is 4.98 Å². The predicted molar refractivity (Wildman–Crippen MR) is 103 cm³/mol. The standard InChI is InChI=1S/C18H14F3N2O4PS/c19-18(20,21)10-3-1-2-9(6-10)11-4-5-13(27-8-28(24,25)26)15-12(11)7-14-16(15)23-17(22)29-14/h1-6H,7-8H2,(H2,22,23)(H2,24,25,26). The third-order valence-corrected chi connectivity index (χ3v) is 5.80. The number of alkyl halides is 3. The lowest BCUT2D eigenvalue weighted by Gasteiger charge is -2.16. The van der Waals surface area contributed by atoms with E-state index in [-0.39, 0.29) is 5.75 Å². The van der Waals surface area contributed by atoms with Crippen LogP contribution >= 0.6 is 18.9 Å². The van der Waals surface area contributed by atoms with Crippen LogP contribution in [0.1, 0.15) is 16.0 Å². The summed E-state index contributed by atoms with van der Waals surface area (Å²) in [5.74, 6) is 0.197. The van der Waals surface area contributed by atoms with Crippen LogP contribution < -0.4 is 10.5 Å². The van der Waals surface area contributed by atoms with Crippen molar-refractivity contribution in [3.8, 4) is 28.1 Å². The number of hydrogen-bond acceptors (Lipinski definition) is 5. The molecule has 0 radical (unpaired) electrons. The highest BCUT2D eigenvalue weighted by Crippen LogP contribution is 2.50. The van der Waals surface area contributed by atoms with Crippen molar-refractivity contribution in [1.82, 2.24) is 4.98 Å². The monoisotopic (exact) mass is 442 g/mol. The SMILES string of the molecule is Nc1nc2c(s1)Cc1c(-c3cccc(C(F)(F)F)c3)ccc(OCP(=O)(O)O)c1-2. The van der Waals surface area contributed by atoms with Gasteiger partial charge in [0.25, 0.3) is 0 Å². The Morgan fingerprint density at radius 2 is 2.00 bits per heavy atom. The lowest BCUT2D eigenvalue weighted by atomic mass is 9.94. The number of thiazole rings is 1. The fraction of sp³-hybridized carbons (Fsp3) is 0.167. The van der Waals surface area contributed by atoms with E-state index in [9.17, 15) is 17.7 Å². The minimum Gasteiger partial charge on any atom is -0.480 e. The third-order valence-electron chi connectivity index (χ3n) is 4.45. The van der Waals surface area contributed by atoms with E-state index >= 15 is 0 Å². The molecule has 0 fully saturated rings. The quantitative estimate of drug-likeness (QED) is 0.402. The van der Waals surface area contributed by atoms with Crippen LogP contribution in [0, 0.1) is 0 Å². The summed E-state index contributed by atoms with van der Waals surface area (Å²) in [7, 11) is -4.42. The number of benzene rings is 2. The van der Waals surface area contributed by atoms with Crippen molar-refractivity contribution in [3.63, 3.8) is 0 Å². The molecule has 4 N–H and O–H groups in total. The van der Waals surface area contributed by atoms with Crippen molar-refractivity contribution in [3.05, 3.63) is 52.4 Å². The van der Waals surface area contributed by atoms with Gasteiger partial charge in [-0.3, -0.25) is 4.57 Å². The predicted octanol–water partition coefficient (Wildman–Crippen LogP) is 4.50. The Labute approximate surface area is 166 Å². The van der Waals surface area contributed by atoms with Gasteiger partial charge in [0.2, 0.25) is 0 Å². The molecule has 0 aliphatic heterocycles. The first-order valence-electron chi connectivity index (χ1n) is 8.29. The van der Waals surface area contributed by atoms with Crippen LogP contribution in [0.25, 0.3) is 22.4 Å². The zero-order valence-electron chi connectivity index (χ0n) is 14.6. The molecule has 29 heavy (non-hydrogen) atoms. The van der Waals surface area contributed by atoms with Crippen molar-refractivity contribution in [2.24, 2.45) is 0 Å². The summed E-state index contributed by atoms with van der Waals surface area (Å²) in [6.45, 7) is 0. The van der Waals surface area contributed by atoms with E-state index in [0.29, 0.717) is 39.5 Å². The molecule has 0 saturated carbocycles. The molecule has 0 saturated heterocycles. The highest BCUT2D eigenvalue weighted by molar-refractivity contribution is 7.51. The van der Waals surface area contributed by atoms with Crippen LogP contribution in [0.2, 0.25) is 0 Å². The molecule has 1 aromatic heterocycles. The minimum atomic E-state index is -4.47. The number of nitrogen functional groups attached to an aromatic ring is 1. The van der Waals surface area contributed by atoms with Crippen molar-refractivity contribution >= 4 is 24.1 Å². The van der Waals surface area contributed by atoms with E-state index in [1.165, 1.54) is 23.5 Å². The number of fused-ring (bicyclic) bond motifs is 3. The van der Waals surface area contributed by atoms with Gasteiger partial charge in [0.05, 0.1) is 11.3 Å². The largest absolute Gasteiger partial charge is 0.480 e. The first-order chi connectivity index (χ1) is 13.5. The fourth-order valence-electron chi connectivity index (χ4n) is 3.32. The molecule has 0 amide bonds. The first kappa shape index (κ1) is 19.9. The molecule has 2 aromatic carbocycles. The summed E-state index contributed by atoms with van der Waals surface area (Å²) in [4.78, 5) is 23.3. The number of halogens is 3. The maximum absolute atomic E-state index is 13.1. The summed E-state index contributed by atoms with van der Waals surface area (Å²) in [5, 5.41) is 0.325. The Morgan fingerprint density at radius 1 is 1.24 bits per heavy atom. The summed E-state index contributed by atoms with van der Waals surface area (Å²) < 4.78 is 55.9. The molecule has 6 nitrogen and oxygen atoms in total. The Bertz CT molecular complexity index is 1160. The maximum Gasteiger partial charge on any atom is 0.416 e. The van der Waals surface area contributed by atoms with Gasteiger partial charge in [0.1, 0.15) is 5.75 Å². The van der Waals surface area contributed by atoms with E-state index in [1.807, 2.05) is 0 Å². The third kappa shape index (κ3) is 3.89. The van der Waals surface area contributed by atoms with Crippen LogP contribution in [0.5, 0.6) is 5.75 Å². The van der Waals surface area contributed by atoms with Crippen molar-refractivity contribution in [1.29, 1.82) is 0 Å². The van der Waals surface area contributed by atoms with E-state index in [4.69, 9.17) is 20.3 Å². The lowest BCUT2D eigenvalue weighted by molar-refractivity contribution is -0.137. The van der Waals surface area contributed by atoms with Gasteiger partial charge >= 0.3 is 13.8 Å². The number of rotatable bonds is 4. The normalized spacial score (nSPS) is 13.3. The fourth-order valence-corrected chi connectivity index (χ4v) is 4.48. The molecule has 11 heteroatoms. The maximum atomic E-state index is 13.1. The zero-order chi connectivity index (χ0) is 21.0. The van der Waals surface area contributed by atoms with Crippen LogP contribution in [0.3, 0.4) is 0 Å². The van der Waals surface area contributed by atoms with Gasteiger partial charge in [-0.15, -0.1) is 11.3 Å². The Hall–Kier alpha value is -2.39. The van der Waals surface area contributed by atoms with Gasteiger partial charge in [-0.1, -0.05) is 18.2 Å². The second-order valence-corrected chi connectivity index (χ2v) is 9.18. The number of anilines is 1. The van der Waals surface area contributed by atoms with Crippen LogP contribution in [-0.4, -0.2) is 21.1 Å². The summed E-state index contributed by atoms with van der Waals surface area (Å²) >= 11 is 1.25. The summed E-state index contributed by atoms with van der Waals surface area (Å²) in [5.41, 5.74) is 7.66. The molecule has 0 spiro atoms. The molecule has 1 aliphatic rings. The van der Waals surface area contributed by atoms with E-state index in [1.54, 1.807) is 12.1 Å². The van der Waals surface area contributed by atoms with Crippen LogP contribution in [-0.2, 0) is 17.2 Å². The topological polar surface area (TPSA) is 106 Å². The van der Waals surface area contributed by atoms with Crippen molar-refractivity contribution < 1.29 is 32.3 Å². The average Bonchev–Trinajstić information content (AvgIpc) is 3.14. The molecule has 4 rings (SSSR count). The first-order valence-corrected chi connectivity index (χ1v) is 10.9. The van der Waals surface area contributed by atoms with E-state index in [0.717, 1.165) is 17.0 Å². The number of nitrogens with two attached hydrogens (primary N) is 1. The zero-order valence-corrected chi connectivity index (χ0v) is 16.3. The van der Waals surface area contributed by atoms with E-state index < -0.39 is 25.7 Å². The second-order valence-electron chi connectivity index (χ2n) is 6.48. The van der Waals surface area contributed by atoms with Gasteiger partial charge in [-0.05, 0) is 34.9 Å².